The van der Waals surface area contributed by atoms with E-state index in [4.69, 9.17) is 10.5 Å². The first-order chi connectivity index (χ1) is 9.26. The minimum atomic E-state index is 0.121. The zero-order chi connectivity index (χ0) is 13.7. The van der Waals surface area contributed by atoms with E-state index in [0.717, 1.165) is 12.5 Å². The summed E-state index contributed by atoms with van der Waals surface area (Å²) >= 11 is 0. The molecule has 2 N–H and O–H groups in total. The predicted molar refractivity (Wildman–Crippen MR) is 80.3 cm³/mol. The third-order valence-corrected chi connectivity index (χ3v) is 5.62. The molecule has 3 atom stereocenters. The molecule has 3 heteroatoms. The Kier molecular flexibility index (Phi) is 5.67. The molecule has 1 saturated carbocycles. The summed E-state index contributed by atoms with van der Waals surface area (Å²) in [5.74, 6) is 0.921. The normalized spacial score (nSPS) is 38.1. The van der Waals surface area contributed by atoms with Gasteiger partial charge in [-0.25, -0.2) is 0 Å². The largest absolute Gasteiger partial charge is 0.379 e. The van der Waals surface area contributed by atoms with Gasteiger partial charge < -0.3 is 10.5 Å². The molecule has 1 aliphatic carbocycles. The molecule has 0 aromatic heterocycles. The molecular weight excluding hydrogens is 236 g/mol. The van der Waals surface area contributed by atoms with Crippen LogP contribution in [0.2, 0.25) is 0 Å². The van der Waals surface area contributed by atoms with E-state index in [1.807, 2.05) is 7.11 Å². The van der Waals surface area contributed by atoms with Gasteiger partial charge in [0.25, 0.3) is 0 Å². The quantitative estimate of drug-likeness (QED) is 0.852. The first-order valence-corrected chi connectivity index (χ1v) is 8.24. The van der Waals surface area contributed by atoms with Crippen LogP contribution >= 0.6 is 0 Å². The maximum Gasteiger partial charge on any atom is 0.0767 e. The van der Waals surface area contributed by atoms with Gasteiger partial charge in [0.15, 0.2) is 0 Å². The number of likely N-dealkylation sites (tertiary alicyclic amines) is 1. The monoisotopic (exact) mass is 268 g/mol. The Balaban J connectivity index is 2.10. The smallest absolute Gasteiger partial charge is 0.0767 e. The third-order valence-electron chi connectivity index (χ3n) is 5.62. The van der Waals surface area contributed by atoms with Crippen LogP contribution in [0.1, 0.15) is 58.3 Å². The minimum Gasteiger partial charge on any atom is -0.379 e. The molecule has 0 aromatic carbocycles. The van der Waals surface area contributed by atoms with Crippen molar-refractivity contribution in [2.75, 3.05) is 26.7 Å². The minimum absolute atomic E-state index is 0.121. The van der Waals surface area contributed by atoms with Crippen LogP contribution in [0.25, 0.3) is 0 Å². The third kappa shape index (κ3) is 3.14. The second-order valence-electron chi connectivity index (χ2n) is 6.47. The molecule has 0 radical (unpaired) electrons. The molecule has 0 spiro atoms. The van der Waals surface area contributed by atoms with E-state index in [0.29, 0.717) is 6.10 Å². The number of hydrogen-bond acceptors (Lipinski definition) is 3. The lowest BCUT2D eigenvalue weighted by Crippen LogP contribution is -2.63. The number of nitrogens with two attached hydrogens (primary N) is 1. The van der Waals surface area contributed by atoms with Crippen molar-refractivity contribution in [1.29, 1.82) is 0 Å². The van der Waals surface area contributed by atoms with Gasteiger partial charge in [-0.1, -0.05) is 26.2 Å². The van der Waals surface area contributed by atoms with Gasteiger partial charge in [-0.2, -0.15) is 0 Å². The summed E-state index contributed by atoms with van der Waals surface area (Å²) in [5.41, 5.74) is 6.35. The highest BCUT2D eigenvalue weighted by Crippen LogP contribution is 2.37. The first-order valence-electron chi connectivity index (χ1n) is 8.24. The van der Waals surface area contributed by atoms with Crippen LogP contribution in [-0.4, -0.2) is 43.3 Å². The number of methoxy groups -OCH3 is 1. The molecule has 1 aliphatic heterocycles. The maximum atomic E-state index is 6.23. The van der Waals surface area contributed by atoms with Crippen LogP contribution in [0.4, 0.5) is 0 Å². The Labute approximate surface area is 118 Å². The first kappa shape index (κ1) is 15.3. The van der Waals surface area contributed by atoms with Crippen LogP contribution in [0.15, 0.2) is 0 Å². The SMILES string of the molecule is CCC1CCCN(C2(CN)CCCCC2OC)CC1. The number of nitrogens with zero attached hydrogens (tertiary/aromatic N) is 1. The highest BCUT2D eigenvalue weighted by Gasteiger charge is 2.44. The summed E-state index contributed by atoms with van der Waals surface area (Å²) in [4.78, 5) is 2.69. The Morgan fingerprint density at radius 1 is 1.16 bits per heavy atom. The molecular formula is C16H32N2O. The van der Waals surface area contributed by atoms with Crippen molar-refractivity contribution in [3.8, 4) is 0 Å². The zero-order valence-corrected chi connectivity index (χ0v) is 12.9. The standard InChI is InChI=1S/C16H32N2O/c1-3-14-7-6-11-18(12-9-14)16(13-17)10-5-4-8-15(16)19-2/h14-15H,3-13,17H2,1-2H3. The van der Waals surface area contributed by atoms with Crippen LogP contribution in [-0.2, 0) is 4.74 Å². The lowest BCUT2D eigenvalue weighted by Gasteiger charge is -2.50. The van der Waals surface area contributed by atoms with Gasteiger partial charge in [0.2, 0.25) is 0 Å². The van der Waals surface area contributed by atoms with Crippen molar-refractivity contribution in [3.05, 3.63) is 0 Å². The predicted octanol–water partition coefficient (Wildman–Crippen LogP) is 2.79. The summed E-state index contributed by atoms with van der Waals surface area (Å²) in [6.07, 6.45) is 10.7. The molecule has 3 unspecified atom stereocenters. The number of rotatable bonds is 4. The van der Waals surface area contributed by atoms with Gasteiger partial charge in [0.1, 0.15) is 0 Å². The molecule has 2 aliphatic rings. The van der Waals surface area contributed by atoms with Crippen molar-refractivity contribution >= 4 is 0 Å². The molecule has 0 bridgehead atoms. The Morgan fingerprint density at radius 3 is 2.68 bits per heavy atom. The molecule has 1 saturated heterocycles. The van der Waals surface area contributed by atoms with Crippen LogP contribution < -0.4 is 5.73 Å². The molecule has 2 fully saturated rings. The second kappa shape index (κ2) is 7.05. The van der Waals surface area contributed by atoms with E-state index in [9.17, 15) is 0 Å². The van der Waals surface area contributed by atoms with E-state index in [1.54, 1.807) is 0 Å². The average Bonchev–Trinajstić information content (AvgIpc) is 2.72. The molecule has 0 aromatic rings. The van der Waals surface area contributed by atoms with Crippen molar-refractivity contribution in [2.24, 2.45) is 11.7 Å². The molecule has 19 heavy (non-hydrogen) atoms. The Bertz CT molecular complexity index is 271. The van der Waals surface area contributed by atoms with E-state index >= 15 is 0 Å². The summed E-state index contributed by atoms with van der Waals surface area (Å²) < 4.78 is 5.82. The Morgan fingerprint density at radius 2 is 2.00 bits per heavy atom. The van der Waals surface area contributed by atoms with Crippen molar-refractivity contribution in [2.45, 2.75) is 69.9 Å². The van der Waals surface area contributed by atoms with Gasteiger partial charge >= 0.3 is 0 Å². The molecule has 0 amide bonds. The van der Waals surface area contributed by atoms with E-state index in [2.05, 4.69) is 11.8 Å². The highest BCUT2D eigenvalue weighted by atomic mass is 16.5. The lowest BCUT2D eigenvalue weighted by atomic mass is 9.77. The lowest BCUT2D eigenvalue weighted by molar-refractivity contribution is -0.0747. The van der Waals surface area contributed by atoms with E-state index in [1.165, 1.54) is 64.5 Å². The zero-order valence-electron chi connectivity index (χ0n) is 12.9. The fourth-order valence-corrected chi connectivity index (χ4v) is 4.27. The summed E-state index contributed by atoms with van der Waals surface area (Å²) in [6.45, 7) is 5.52. The van der Waals surface area contributed by atoms with Gasteiger partial charge in [-0.05, 0) is 51.1 Å². The Hall–Kier alpha value is -0.120. The van der Waals surface area contributed by atoms with E-state index in [-0.39, 0.29) is 5.54 Å². The molecule has 1 heterocycles. The topological polar surface area (TPSA) is 38.5 Å². The highest BCUT2D eigenvalue weighted by molar-refractivity contribution is 5.01. The van der Waals surface area contributed by atoms with Crippen LogP contribution in [0, 0.1) is 5.92 Å². The fraction of sp³-hybridized carbons (Fsp3) is 1.00. The van der Waals surface area contributed by atoms with Crippen LogP contribution in [0.3, 0.4) is 0 Å². The van der Waals surface area contributed by atoms with Gasteiger partial charge in [0, 0.05) is 13.7 Å². The van der Waals surface area contributed by atoms with Crippen LogP contribution in [0.5, 0.6) is 0 Å². The molecule has 112 valence electrons. The summed E-state index contributed by atoms with van der Waals surface area (Å²) in [5, 5.41) is 0. The number of hydrogen-bond donors (Lipinski definition) is 1. The van der Waals surface area contributed by atoms with Gasteiger partial charge in [-0.3, -0.25) is 4.90 Å². The van der Waals surface area contributed by atoms with Gasteiger partial charge in [0.05, 0.1) is 11.6 Å². The summed E-state index contributed by atoms with van der Waals surface area (Å²) in [7, 11) is 1.87. The molecule has 2 rings (SSSR count). The van der Waals surface area contributed by atoms with Gasteiger partial charge in [-0.15, -0.1) is 0 Å². The fourth-order valence-electron chi connectivity index (χ4n) is 4.27. The average molecular weight is 268 g/mol. The second-order valence-corrected chi connectivity index (χ2v) is 6.47. The van der Waals surface area contributed by atoms with Crippen molar-refractivity contribution in [3.63, 3.8) is 0 Å². The maximum absolute atomic E-state index is 6.23. The van der Waals surface area contributed by atoms with Crippen molar-refractivity contribution < 1.29 is 4.74 Å². The number of ether oxygens (including phenoxy) is 1. The van der Waals surface area contributed by atoms with Crippen molar-refractivity contribution in [1.82, 2.24) is 4.90 Å². The summed E-state index contributed by atoms with van der Waals surface area (Å²) in [6, 6.07) is 0. The molecule has 3 nitrogen and oxygen atoms in total. The van der Waals surface area contributed by atoms with E-state index < -0.39 is 0 Å².